The van der Waals surface area contributed by atoms with Crippen molar-refractivity contribution in [3.05, 3.63) is 123 Å². The molecule has 0 bridgehead atoms. The maximum absolute atomic E-state index is 9.59. The lowest BCUT2D eigenvalue weighted by Gasteiger charge is -2.21. The molecular formula is C58H86O6. The van der Waals surface area contributed by atoms with E-state index in [9.17, 15) is 5.11 Å². The molecule has 6 rings (SSSR count). The SMILES string of the molecule is CC(C)c1cc(C(C)C)c2occc2c1.CC(C)c1cc2c(c(C(C)C)c1)OCC2.CC(C)c1ccc(O)c(C(C)C)c1.CCOC(COc1ccc(C(C)C)cc1C(C)C)OCC. The molecule has 354 valence electrons. The molecule has 0 aliphatic carbocycles. The largest absolute Gasteiger partial charge is 0.508 e. The Hall–Kier alpha value is -4.26. The number of phenolic OH excluding ortho intramolecular Hbond substituents is 1. The van der Waals surface area contributed by atoms with Crippen molar-refractivity contribution >= 4 is 11.0 Å². The highest BCUT2D eigenvalue weighted by molar-refractivity contribution is 5.82. The van der Waals surface area contributed by atoms with Gasteiger partial charge < -0.3 is 28.5 Å². The van der Waals surface area contributed by atoms with Crippen molar-refractivity contribution in [2.24, 2.45) is 0 Å². The molecule has 0 fully saturated rings. The van der Waals surface area contributed by atoms with E-state index < -0.39 is 0 Å². The second kappa shape index (κ2) is 26.0. The van der Waals surface area contributed by atoms with E-state index >= 15 is 0 Å². The van der Waals surface area contributed by atoms with Crippen molar-refractivity contribution in [1.82, 2.24) is 0 Å². The van der Waals surface area contributed by atoms with Gasteiger partial charge >= 0.3 is 0 Å². The molecule has 1 aliphatic heterocycles. The van der Waals surface area contributed by atoms with E-state index in [4.69, 9.17) is 23.4 Å². The summed E-state index contributed by atoms with van der Waals surface area (Å²) in [6, 6.07) is 23.5. The fourth-order valence-corrected chi connectivity index (χ4v) is 7.60. The molecule has 0 radical (unpaired) electrons. The van der Waals surface area contributed by atoms with Gasteiger partial charge in [-0.05, 0) is 136 Å². The average molecular weight is 879 g/mol. The molecule has 0 saturated heterocycles. The standard InChI is InChI=1S/C18H30O3.C14H20O.C14H18O.C12H18O/c1-7-19-18(20-8-2)12-21-17-10-9-15(13(3)4)11-16(17)14(5)6;2*1-9(2)12-7-11-5-6-15-14(11)13(8-12)10(3)4;1-8(2)10-5-6-12(13)11(7-10)9(3)4/h9-11,13-14,18H,7-8,12H2,1-6H3;7-10H,5-6H2,1-4H3;5-10H,1-4H3;5-9,13H,1-4H3. The molecule has 6 nitrogen and oxygen atoms in total. The predicted octanol–water partition coefficient (Wildman–Crippen LogP) is 16.9. The topological polar surface area (TPSA) is 70.3 Å². The Kier molecular flexibility index (Phi) is 22.0. The van der Waals surface area contributed by atoms with Crippen molar-refractivity contribution in [1.29, 1.82) is 0 Å². The molecular weight excluding hydrogens is 793 g/mol. The number of hydrogen-bond donors (Lipinski definition) is 1. The first-order valence-electron chi connectivity index (χ1n) is 24.3. The number of fused-ring (bicyclic) bond motifs is 2. The molecule has 5 aromatic rings. The van der Waals surface area contributed by atoms with Gasteiger partial charge in [0.2, 0.25) is 0 Å². The summed E-state index contributed by atoms with van der Waals surface area (Å²) >= 11 is 0. The van der Waals surface area contributed by atoms with Gasteiger partial charge in [0.05, 0.1) is 12.9 Å². The van der Waals surface area contributed by atoms with Crippen LogP contribution in [0, 0.1) is 0 Å². The van der Waals surface area contributed by atoms with E-state index in [0.717, 1.165) is 35.7 Å². The fourth-order valence-electron chi connectivity index (χ4n) is 7.60. The van der Waals surface area contributed by atoms with Crippen LogP contribution >= 0.6 is 0 Å². The lowest BCUT2D eigenvalue weighted by atomic mass is 9.92. The highest BCUT2D eigenvalue weighted by Crippen LogP contribution is 2.37. The van der Waals surface area contributed by atoms with Crippen molar-refractivity contribution in [3.63, 3.8) is 0 Å². The summed E-state index contributed by atoms with van der Waals surface area (Å²) in [7, 11) is 0. The first-order valence-corrected chi connectivity index (χ1v) is 24.3. The van der Waals surface area contributed by atoms with Gasteiger partial charge in [0.15, 0.2) is 6.29 Å². The predicted molar refractivity (Wildman–Crippen MR) is 272 cm³/mol. The van der Waals surface area contributed by atoms with Gasteiger partial charge in [-0.1, -0.05) is 153 Å². The Balaban J connectivity index is 0.000000230. The molecule has 0 spiro atoms. The van der Waals surface area contributed by atoms with Crippen LogP contribution in [0.3, 0.4) is 0 Å². The van der Waals surface area contributed by atoms with Gasteiger partial charge in [-0.25, -0.2) is 0 Å². The number of benzene rings is 4. The summed E-state index contributed by atoms with van der Waals surface area (Å²) in [6.07, 6.45) is 2.56. The maximum atomic E-state index is 9.59. The van der Waals surface area contributed by atoms with Crippen molar-refractivity contribution in [2.75, 3.05) is 26.4 Å². The van der Waals surface area contributed by atoms with Crippen LogP contribution in [0.4, 0.5) is 0 Å². The van der Waals surface area contributed by atoms with Crippen molar-refractivity contribution in [2.45, 2.75) is 185 Å². The number of hydrogen-bond acceptors (Lipinski definition) is 6. The summed E-state index contributed by atoms with van der Waals surface area (Å²) in [5, 5.41) is 10.8. The first-order chi connectivity index (χ1) is 30.2. The van der Waals surface area contributed by atoms with Gasteiger partial charge in [0.25, 0.3) is 0 Å². The van der Waals surface area contributed by atoms with E-state index in [0.29, 0.717) is 72.9 Å². The smallest absolute Gasteiger partial charge is 0.191 e. The normalized spacial score (nSPS) is 12.3. The second-order valence-electron chi connectivity index (χ2n) is 19.7. The van der Waals surface area contributed by atoms with Crippen molar-refractivity contribution in [3.8, 4) is 17.2 Å². The zero-order valence-corrected chi connectivity index (χ0v) is 43.1. The summed E-state index contributed by atoms with van der Waals surface area (Å²) in [4.78, 5) is 0. The monoisotopic (exact) mass is 879 g/mol. The third-order valence-corrected chi connectivity index (χ3v) is 11.8. The van der Waals surface area contributed by atoms with Crippen LogP contribution in [-0.4, -0.2) is 37.8 Å². The molecule has 0 saturated carbocycles. The molecule has 4 aromatic carbocycles. The Bertz CT molecular complexity index is 2130. The van der Waals surface area contributed by atoms with Gasteiger partial charge in [-0.15, -0.1) is 0 Å². The fraction of sp³-hybridized carbons (Fsp3) is 0.552. The minimum atomic E-state index is -0.301. The summed E-state index contributed by atoms with van der Waals surface area (Å²) in [5.41, 5.74) is 12.9. The number of rotatable bonds is 15. The van der Waals surface area contributed by atoms with Gasteiger partial charge in [-0.3, -0.25) is 0 Å². The van der Waals surface area contributed by atoms with Crippen LogP contribution in [0.5, 0.6) is 17.2 Å². The van der Waals surface area contributed by atoms with Gasteiger partial charge in [0, 0.05) is 25.0 Å². The minimum absolute atomic E-state index is 0.301. The summed E-state index contributed by atoms with van der Waals surface area (Å²) in [6.45, 7) is 41.6. The zero-order chi connectivity index (χ0) is 47.8. The molecule has 1 N–H and O–H groups in total. The molecule has 64 heavy (non-hydrogen) atoms. The minimum Gasteiger partial charge on any atom is -0.508 e. The third kappa shape index (κ3) is 15.7. The molecule has 0 unspecified atom stereocenters. The highest BCUT2D eigenvalue weighted by Gasteiger charge is 2.20. The number of furan rings is 1. The lowest BCUT2D eigenvalue weighted by Crippen LogP contribution is -2.25. The van der Waals surface area contributed by atoms with Gasteiger partial charge in [0.1, 0.15) is 29.4 Å². The number of phenols is 1. The van der Waals surface area contributed by atoms with E-state index in [2.05, 4.69) is 159 Å². The molecule has 6 heteroatoms. The Morgan fingerprint density at radius 3 is 1.52 bits per heavy atom. The zero-order valence-electron chi connectivity index (χ0n) is 43.1. The highest BCUT2D eigenvalue weighted by atomic mass is 16.7. The maximum Gasteiger partial charge on any atom is 0.191 e. The third-order valence-electron chi connectivity index (χ3n) is 11.8. The van der Waals surface area contributed by atoms with Crippen LogP contribution in [0.2, 0.25) is 0 Å². The van der Waals surface area contributed by atoms with E-state index in [-0.39, 0.29) is 6.29 Å². The molecule has 0 atom stereocenters. The number of ether oxygens (including phenoxy) is 4. The van der Waals surface area contributed by atoms with Crippen LogP contribution in [0.15, 0.2) is 77.4 Å². The molecule has 1 aromatic heterocycles. The van der Waals surface area contributed by atoms with E-state index in [1.807, 2.05) is 26.0 Å². The Morgan fingerprint density at radius 1 is 0.516 bits per heavy atom. The van der Waals surface area contributed by atoms with E-state index in [1.54, 1.807) is 12.3 Å². The second-order valence-corrected chi connectivity index (χ2v) is 19.7. The average Bonchev–Trinajstić information content (AvgIpc) is 3.93. The van der Waals surface area contributed by atoms with Crippen molar-refractivity contribution < 1.29 is 28.5 Å². The quantitative estimate of drug-likeness (QED) is 0.106. The Labute approximate surface area is 389 Å². The van der Waals surface area contributed by atoms with Gasteiger partial charge in [-0.2, -0.15) is 0 Å². The van der Waals surface area contributed by atoms with Crippen LogP contribution in [-0.2, 0) is 15.9 Å². The molecule has 0 amide bonds. The first kappa shape index (κ1) is 54.1. The lowest BCUT2D eigenvalue weighted by molar-refractivity contribution is -0.152. The summed E-state index contributed by atoms with van der Waals surface area (Å²) < 4.78 is 28.3. The van der Waals surface area contributed by atoms with Crippen LogP contribution in [0.1, 0.15) is 222 Å². The Morgan fingerprint density at radius 2 is 1.00 bits per heavy atom. The number of aromatic hydroxyl groups is 1. The summed E-state index contributed by atoms with van der Waals surface area (Å²) in [5.74, 6) is 6.61. The van der Waals surface area contributed by atoms with Crippen LogP contribution < -0.4 is 9.47 Å². The van der Waals surface area contributed by atoms with E-state index in [1.165, 1.54) is 49.9 Å². The van der Waals surface area contributed by atoms with Crippen LogP contribution in [0.25, 0.3) is 11.0 Å². The molecule has 2 heterocycles. The molecule has 1 aliphatic rings.